The zero-order chi connectivity index (χ0) is 20.4. The summed E-state index contributed by atoms with van der Waals surface area (Å²) in [6.45, 7) is 0.397. The Bertz CT molecular complexity index is 986. The molecule has 1 saturated carbocycles. The minimum absolute atomic E-state index is 0.0385. The van der Waals surface area contributed by atoms with Crippen LogP contribution in [0.15, 0.2) is 54.9 Å². The van der Waals surface area contributed by atoms with E-state index in [1.165, 1.54) is 30.3 Å². The highest BCUT2D eigenvalue weighted by Crippen LogP contribution is 2.29. The molecule has 0 bridgehead atoms. The lowest BCUT2D eigenvalue weighted by molar-refractivity contribution is -0.274. The number of alkyl halides is 3. The van der Waals surface area contributed by atoms with E-state index in [1.54, 1.807) is 24.5 Å². The standard InChI is InChI=1S/C21H18F4N2O2/c22-20-6-1-13-11-26-8-7-18(13)19(20)12-27-14-9-17(10-14)28-15-2-4-16(5-3-15)29-21(23,24)25/h1-8,11,14,17,27H,9-10,12H2/t14-,17-. The number of hydrogen-bond donors (Lipinski definition) is 1. The highest BCUT2D eigenvalue weighted by molar-refractivity contribution is 5.84. The van der Waals surface area contributed by atoms with Crippen LogP contribution < -0.4 is 14.8 Å². The summed E-state index contributed by atoms with van der Waals surface area (Å²) in [6.07, 6.45) is 0.0576. The van der Waals surface area contributed by atoms with Crippen LogP contribution in [0.4, 0.5) is 17.6 Å². The number of hydrogen-bond acceptors (Lipinski definition) is 4. The maximum Gasteiger partial charge on any atom is 0.573 e. The number of fused-ring (bicyclic) bond motifs is 1. The number of benzene rings is 2. The lowest BCUT2D eigenvalue weighted by atomic mass is 9.89. The minimum atomic E-state index is -4.71. The number of halogens is 4. The van der Waals surface area contributed by atoms with E-state index in [1.807, 2.05) is 0 Å². The molecule has 2 aromatic carbocycles. The molecule has 3 aromatic rings. The van der Waals surface area contributed by atoms with Crippen molar-refractivity contribution in [2.45, 2.75) is 37.9 Å². The third kappa shape index (κ3) is 4.76. The largest absolute Gasteiger partial charge is 0.573 e. The van der Waals surface area contributed by atoms with Gasteiger partial charge in [0.2, 0.25) is 0 Å². The van der Waals surface area contributed by atoms with Crippen LogP contribution in [-0.4, -0.2) is 23.5 Å². The zero-order valence-electron chi connectivity index (χ0n) is 15.2. The highest BCUT2D eigenvalue weighted by Gasteiger charge is 2.32. The second-order valence-electron chi connectivity index (χ2n) is 6.93. The number of pyridine rings is 1. The van der Waals surface area contributed by atoms with E-state index >= 15 is 0 Å². The van der Waals surface area contributed by atoms with E-state index in [0.29, 0.717) is 17.9 Å². The van der Waals surface area contributed by atoms with Crippen molar-refractivity contribution in [1.82, 2.24) is 10.3 Å². The Morgan fingerprint density at radius 1 is 1.00 bits per heavy atom. The monoisotopic (exact) mass is 406 g/mol. The summed E-state index contributed by atoms with van der Waals surface area (Å²) in [5.74, 6) is -0.0645. The lowest BCUT2D eigenvalue weighted by Gasteiger charge is -2.36. The van der Waals surface area contributed by atoms with Gasteiger partial charge in [0, 0.05) is 35.9 Å². The Kier molecular flexibility index (Phi) is 5.27. The van der Waals surface area contributed by atoms with Crippen molar-refractivity contribution in [2.75, 3.05) is 0 Å². The van der Waals surface area contributed by atoms with Gasteiger partial charge in [-0.15, -0.1) is 13.2 Å². The van der Waals surface area contributed by atoms with Crippen molar-refractivity contribution in [3.63, 3.8) is 0 Å². The predicted molar refractivity (Wildman–Crippen MR) is 99.1 cm³/mol. The average molecular weight is 406 g/mol. The summed E-state index contributed by atoms with van der Waals surface area (Å²) < 4.78 is 60.3. The molecular weight excluding hydrogens is 388 g/mol. The smallest absolute Gasteiger partial charge is 0.490 e. The van der Waals surface area contributed by atoms with Crippen LogP contribution in [0.2, 0.25) is 0 Å². The van der Waals surface area contributed by atoms with Crippen LogP contribution in [0, 0.1) is 5.82 Å². The number of nitrogens with one attached hydrogen (secondary N) is 1. The Labute approximate surface area is 164 Å². The summed E-state index contributed by atoms with van der Waals surface area (Å²) in [7, 11) is 0. The first-order valence-corrected chi connectivity index (χ1v) is 9.14. The van der Waals surface area contributed by atoms with Crippen LogP contribution in [-0.2, 0) is 6.54 Å². The van der Waals surface area contributed by atoms with Crippen molar-refractivity contribution in [2.24, 2.45) is 0 Å². The van der Waals surface area contributed by atoms with E-state index in [0.717, 1.165) is 23.6 Å². The van der Waals surface area contributed by atoms with Crippen molar-refractivity contribution in [3.05, 3.63) is 66.2 Å². The van der Waals surface area contributed by atoms with Crippen LogP contribution in [0.5, 0.6) is 11.5 Å². The van der Waals surface area contributed by atoms with E-state index in [4.69, 9.17) is 4.74 Å². The summed E-state index contributed by atoms with van der Waals surface area (Å²) in [5.41, 5.74) is 0.606. The molecule has 29 heavy (non-hydrogen) atoms. The van der Waals surface area contributed by atoms with E-state index in [-0.39, 0.29) is 23.7 Å². The zero-order valence-corrected chi connectivity index (χ0v) is 15.2. The van der Waals surface area contributed by atoms with E-state index < -0.39 is 6.36 Å². The van der Waals surface area contributed by atoms with E-state index in [2.05, 4.69) is 15.0 Å². The summed E-state index contributed by atoms with van der Waals surface area (Å²) in [6, 6.07) is 10.5. The van der Waals surface area contributed by atoms with Gasteiger partial charge in [-0.1, -0.05) is 0 Å². The van der Waals surface area contributed by atoms with Crippen LogP contribution in [0.3, 0.4) is 0 Å². The fourth-order valence-electron chi connectivity index (χ4n) is 3.37. The molecule has 4 nitrogen and oxygen atoms in total. The normalized spacial score (nSPS) is 19.0. The maximum absolute atomic E-state index is 14.2. The fourth-order valence-corrected chi connectivity index (χ4v) is 3.37. The van der Waals surface area contributed by atoms with Crippen molar-refractivity contribution in [1.29, 1.82) is 0 Å². The molecule has 0 amide bonds. The van der Waals surface area contributed by atoms with Gasteiger partial charge in [-0.3, -0.25) is 4.98 Å². The Hall–Kier alpha value is -2.87. The van der Waals surface area contributed by atoms with Crippen molar-refractivity contribution in [3.8, 4) is 11.5 Å². The number of nitrogens with zero attached hydrogens (tertiary/aromatic N) is 1. The van der Waals surface area contributed by atoms with Crippen LogP contribution in [0.1, 0.15) is 18.4 Å². The first-order valence-electron chi connectivity index (χ1n) is 9.14. The third-order valence-electron chi connectivity index (χ3n) is 4.90. The van der Waals surface area contributed by atoms with Gasteiger partial charge >= 0.3 is 6.36 Å². The third-order valence-corrected chi connectivity index (χ3v) is 4.90. The molecule has 1 N–H and O–H groups in total. The molecule has 1 aliphatic rings. The summed E-state index contributed by atoms with van der Waals surface area (Å²) in [5, 5.41) is 5.06. The number of aromatic nitrogens is 1. The van der Waals surface area contributed by atoms with Gasteiger partial charge in [-0.2, -0.15) is 0 Å². The topological polar surface area (TPSA) is 43.4 Å². The van der Waals surface area contributed by atoms with Crippen LogP contribution >= 0.6 is 0 Å². The first kappa shape index (κ1) is 19.4. The Morgan fingerprint density at radius 3 is 2.45 bits per heavy atom. The van der Waals surface area contributed by atoms with Gasteiger partial charge in [0.15, 0.2) is 0 Å². The van der Waals surface area contributed by atoms with Gasteiger partial charge in [-0.05, 0) is 60.7 Å². The van der Waals surface area contributed by atoms with Gasteiger partial charge in [0.1, 0.15) is 23.4 Å². The Morgan fingerprint density at radius 2 is 1.72 bits per heavy atom. The molecule has 0 atom stereocenters. The molecule has 152 valence electrons. The molecule has 8 heteroatoms. The molecule has 0 spiro atoms. The molecule has 1 aliphatic carbocycles. The van der Waals surface area contributed by atoms with Crippen molar-refractivity contribution < 1.29 is 27.0 Å². The molecule has 1 fully saturated rings. The molecule has 1 aromatic heterocycles. The minimum Gasteiger partial charge on any atom is -0.490 e. The molecule has 4 rings (SSSR count). The fraction of sp³-hybridized carbons (Fsp3) is 0.286. The van der Waals surface area contributed by atoms with Gasteiger partial charge in [0.05, 0.1) is 0 Å². The number of rotatable bonds is 6. The van der Waals surface area contributed by atoms with Gasteiger partial charge in [0.25, 0.3) is 0 Å². The first-order chi connectivity index (χ1) is 13.9. The van der Waals surface area contributed by atoms with Gasteiger partial charge < -0.3 is 14.8 Å². The summed E-state index contributed by atoms with van der Waals surface area (Å²) in [4.78, 5) is 4.06. The number of ether oxygens (including phenoxy) is 2. The van der Waals surface area contributed by atoms with Gasteiger partial charge in [-0.25, -0.2) is 4.39 Å². The van der Waals surface area contributed by atoms with Crippen molar-refractivity contribution >= 4 is 10.8 Å². The molecule has 0 unspecified atom stereocenters. The molecule has 0 aliphatic heterocycles. The van der Waals surface area contributed by atoms with E-state index in [9.17, 15) is 17.6 Å². The molecule has 1 heterocycles. The van der Waals surface area contributed by atoms with Crippen LogP contribution in [0.25, 0.3) is 10.8 Å². The quantitative estimate of drug-likeness (QED) is 0.587. The average Bonchev–Trinajstić information content (AvgIpc) is 2.65. The lowest BCUT2D eigenvalue weighted by Crippen LogP contribution is -2.46. The summed E-state index contributed by atoms with van der Waals surface area (Å²) >= 11 is 0. The second kappa shape index (κ2) is 7.87. The molecule has 0 saturated heterocycles. The SMILES string of the molecule is Fc1ccc2cnccc2c1CN[C@H]1C[C@H](Oc2ccc(OC(F)(F)F)cc2)C1. The molecule has 0 radical (unpaired) electrons. The second-order valence-corrected chi connectivity index (χ2v) is 6.93. The predicted octanol–water partition coefficient (Wildman–Crippen LogP) is 4.97. The highest BCUT2D eigenvalue weighted by atomic mass is 19.4. The Balaban J connectivity index is 1.28. The maximum atomic E-state index is 14.2. The molecular formula is C21H18F4N2O2.